The summed E-state index contributed by atoms with van der Waals surface area (Å²) in [6, 6.07) is 20.7. The predicted molar refractivity (Wildman–Crippen MR) is 192 cm³/mol. The maximum absolute atomic E-state index is 9.16. The maximum atomic E-state index is 9.16. The molecule has 0 amide bonds. The summed E-state index contributed by atoms with van der Waals surface area (Å²) in [5.41, 5.74) is 5.47. The molecule has 6 nitrogen and oxygen atoms in total. The van der Waals surface area contributed by atoms with Crippen molar-refractivity contribution in [2.45, 2.75) is 96.8 Å². The van der Waals surface area contributed by atoms with Crippen LogP contribution in [0.5, 0.6) is 28.7 Å². The Labute approximate surface area is 278 Å². The fourth-order valence-electron chi connectivity index (χ4n) is 5.27. The van der Waals surface area contributed by atoms with Crippen molar-refractivity contribution in [3.8, 4) is 28.7 Å². The molecule has 2 aliphatic rings. The summed E-state index contributed by atoms with van der Waals surface area (Å²) >= 11 is 0. The van der Waals surface area contributed by atoms with E-state index in [1.165, 1.54) is 5.57 Å². The Bertz CT molecular complexity index is 1580. The van der Waals surface area contributed by atoms with Gasteiger partial charge in [-0.2, -0.15) is 0 Å². The molecule has 0 saturated carbocycles. The topological polar surface area (TPSA) is 66.4 Å². The Kier molecular flexibility index (Phi) is 9.48. The van der Waals surface area contributed by atoms with E-state index >= 15 is 0 Å². The molecule has 0 saturated heterocycles. The summed E-state index contributed by atoms with van der Waals surface area (Å²) in [4.78, 5) is 0. The van der Waals surface area contributed by atoms with Crippen molar-refractivity contribution < 1.29 is 28.2 Å². The molecule has 2 aliphatic heterocycles. The smallest absolute Gasteiger partial charge is 0.250 e. The lowest BCUT2D eigenvalue weighted by atomic mass is 9.84. The van der Waals surface area contributed by atoms with E-state index in [9.17, 15) is 0 Å². The third-order valence-electron chi connectivity index (χ3n) is 10.1. The third-order valence-corrected chi connectivity index (χ3v) is 18.8. The molecule has 5 rings (SSSR count). The fraction of sp³-hybridized carbons (Fsp3) is 0.474. The van der Waals surface area contributed by atoms with Gasteiger partial charge in [0.05, 0.1) is 13.2 Å². The molecule has 0 bridgehead atoms. The molecule has 248 valence electrons. The van der Waals surface area contributed by atoms with Gasteiger partial charge in [0.1, 0.15) is 34.9 Å². The van der Waals surface area contributed by atoms with Gasteiger partial charge in [-0.3, -0.25) is 0 Å². The van der Waals surface area contributed by atoms with Crippen LogP contribution >= 0.6 is 0 Å². The van der Waals surface area contributed by atoms with Gasteiger partial charge >= 0.3 is 0 Å². The maximum Gasteiger partial charge on any atom is 0.250 e. The van der Waals surface area contributed by atoms with Crippen LogP contribution in [-0.4, -0.2) is 41.6 Å². The second-order valence-corrected chi connectivity index (χ2v) is 25.0. The van der Waals surface area contributed by atoms with E-state index in [-0.39, 0.29) is 22.8 Å². The van der Waals surface area contributed by atoms with Crippen molar-refractivity contribution in [3.63, 3.8) is 0 Å². The van der Waals surface area contributed by atoms with Crippen molar-refractivity contribution in [1.29, 1.82) is 0 Å². The highest BCUT2D eigenvalue weighted by Crippen LogP contribution is 2.53. The van der Waals surface area contributed by atoms with Gasteiger partial charge in [-0.05, 0) is 83.8 Å². The van der Waals surface area contributed by atoms with Crippen LogP contribution in [0.3, 0.4) is 0 Å². The minimum absolute atomic E-state index is 0.0818. The minimum Gasteiger partial charge on any atom is -0.543 e. The van der Waals surface area contributed by atoms with Crippen LogP contribution < -0.4 is 23.1 Å². The number of aliphatic hydroxyl groups excluding tert-OH is 1. The molecule has 1 unspecified atom stereocenters. The van der Waals surface area contributed by atoms with Crippen molar-refractivity contribution in [2.24, 2.45) is 0 Å². The Morgan fingerprint density at radius 2 is 1.28 bits per heavy atom. The Balaban J connectivity index is 1.59. The van der Waals surface area contributed by atoms with E-state index in [1.54, 1.807) is 0 Å². The van der Waals surface area contributed by atoms with Crippen LogP contribution in [-0.2, 0) is 0 Å². The second-order valence-electron chi connectivity index (χ2n) is 15.5. The monoisotopic (exact) mass is 660 g/mol. The average Bonchev–Trinajstić information content (AvgIpc) is 3.15. The Hall–Kier alpha value is -3.21. The van der Waals surface area contributed by atoms with E-state index in [2.05, 4.69) is 116 Å². The summed E-state index contributed by atoms with van der Waals surface area (Å²) < 4.78 is 32.6. The highest BCUT2D eigenvalue weighted by Gasteiger charge is 2.41. The molecule has 1 atom stereocenters. The van der Waals surface area contributed by atoms with Gasteiger partial charge in [-0.25, -0.2) is 0 Å². The van der Waals surface area contributed by atoms with Gasteiger partial charge in [0.15, 0.2) is 0 Å². The van der Waals surface area contributed by atoms with Crippen LogP contribution in [0, 0.1) is 0 Å². The normalized spacial score (nSPS) is 16.7. The molecule has 0 spiro atoms. The highest BCUT2D eigenvalue weighted by atomic mass is 28.4. The molecular formula is C38H52O6Si2. The van der Waals surface area contributed by atoms with Gasteiger partial charge in [0.2, 0.25) is 16.6 Å². The zero-order valence-electron chi connectivity index (χ0n) is 29.4. The number of rotatable bonds is 9. The first-order valence-corrected chi connectivity index (χ1v) is 22.4. The SMILES string of the molecule is CC(C)(C)[Si](C)(C)Oc1ccc2c(c1)OC(c1ccc(OCCCO)cc1)C1=C2CCOc2cc(O[Si](C)(C)C(C)(C)C)ccc21. The van der Waals surface area contributed by atoms with E-state index < -0.39 is 16.6 Å². The molecule has 3 aromatic carbocycles. The Morgan fingerprint density at radius 1 is 0.739 bits per heavy atom. The molecule has 0 aromatic heterocycles. The number of benzene rings is 3. The molecule has 0 fully saturated rings. The van der Waals surface area contributed by atoms with Crippen LogP contribution in [0.15, 0.2) is 60.7 Å². The molecule has 2 heterocycles. The Morgan fingerprint density at radius 3 is 1.85 bits per heavy atom. The third kappa shape index (κ3) is 7.04. The first-order valence-electron chi connectivity index (χ1n) is 16.5. The molecule has 0 aliphatic carbocycles. The van der Waals surface area contributed by atoms with Crippen LogP contribution in [0.25, 0.3) is 11.1 Å². The lowest BCUT2D eigenvalue weighted by molar-refractivity contribution is 0.233. The second kappa shape index (κ2) is 12.8. The number of hydrogen-bond donors (Lipinski definition) is 1. The van der Waals surface area contributed by atoms with Gasteiger partial charge in [-0.15, -0.1) is 0 Å². The summed E-state index contributed by atoms with van der Waals surface area (Å²) in [5, 5.41) is 9.33. The number of hydrogen-bond acceptors (Lipinski definition) is 6. The lowest BCUT2D eigenvalue weighted by Gasteiger charge is -2.37. The number of ether oxygens (including phenoxy) is 3. The number of fused-ring (bicyclic) bond motifs is 4. The van der Waals surface area contributed by atoms with Crippen LogP contribution in [0.1, 0.15) is 77.2 Å². The quantitative estimate of drug-likeness (QED) is 0.182. The van der Waals surface area contributed by atoms with Crippen molar-refractivity contribution in [2.75, 3.05) is 19.8 Å². The average molecular weight is 661 g/mol. The molecule has 0 radical (unpaired) electrons. The van der Waals surface area contributed by atoms with E-state index in [4.69, 9.17) is 28.2 Å². The van der Waals surface area contributed by atoms with Gasteiger partial charge in [0, 0.05) is 48.3 Å². The summed E-state index contributed by atoms with van der Waals surface area (Å²) in [7, 11) is -4.07. The van der Waals surface area contributed by atoms with Crippen molar-refractivity contribution in [3.05, 3.63) is 77.4 Å². The minimum atomic E-state index is -2.04. The van der Waals surface area contributed by atoms with Crippen molar-refractivity contribution >= 4 is 27.8 Å². The molecule has 8 heteroatoms. The first-order chi connectivity index (χ1) is 21.5. The summed E-state index contributed by atoms with van der Waals surface area (Å²) in [6.07, 6.45) is 0.988. The summed E-state index contributed by atoms with van der Waals surface area (Å²) in [6.45, 7) is 23.7. The van der Waals surface area contributed by atoms with Gasteiger partial charge in [-0.1, -0.05) is 53.7 Å². The molecule has 1 N–H and O–H groups in total. The molecular weight excluding hydrogens is 609 g/mol. The standard InChI is InChI=1S/C38H52O6Si2/c1-37(2,3)45(7,8)43-28-17-19-32-33(24-28)41-23-20-31-30-18-16-29(44-46(9,10)38(4,5)6)25-34(30)42-36(35(31)32)26-12-14-27(15-13-26)40-22-11-21-39/h12-19,24-25,36,39H,11,20-23H2,1-10H3. The first kappa shape index (κ1) is 34.1. The van der Waals surface area contributed by atoms with E-state index in [0.29, 0.717) is 19.6 Å². The van der Waals surface area contributed by atoms with Crippen molar-refractivity contribution in [1.82, 2.24) is 0 Å². The number of aliphatic hydroxyl groups is 1. The zero-order valence-corrected chi connectivity index (χ0v) is 31.4. The largest absolute Gasteiger partial charge is 0.543 e. The van der Waals surface area contributed by atoms with E-state index in [0.717, 1.165) is 57.4 Å². The van der Waals surface area contributed by atoms with Crippen LogP contribution in [0.4, 0.5) is 0 Å². The molecule has 46 heavy (non-hydrogen) atoms. The van der Waals surface area contributed by atoms with Gasteiger partial charge < -0.3 is 28.2 Å². The predicted octanol–water partition coefficient (Wildman–Crippen LogP) is 10.0. The summed E-state index contributed by atoms with van der Waals surface area (Å²) in [5.74, 6) is 4.10. The molecule has 3 aromatic rings. The highest BCUT2D eigenvalue weighted by molar-refractivity contribution is 6.75. The fourth-order valence-corrected chi connectivity index (χ4v) is 7.31. The zero-order chi connectivity index (χ0) is 33.5. The van der Waals surface area contributed by atoms with Gasteiger partial charge in [0.25, 0.3) is 0 Å². The van der Waals surface area contributed by atoms with Crippen LogP contribution in [0.2, 0.25) is 36.3 Å². The van der Waals surface area contributed by atoms with E-state index in [1.807, 2.05) is 12.1 Å². The lowest BCUT2D eigenvalue weighted by Crippen LogP contribution is -2.43.